The lowest BCUT2D eigenvalue weighted by atomic mass is 9.91. The lowest BCUT2D eigenvalue weighted by Gasteiger charge is -2.41. The minimum Gasteiger partial charge on any atom is -0.329 e. The molecular weight excluding hydrogens is 229 g/mol. The van der Waals surface area contributed by atoms with E-state index in [4.69, 9.17) is 5.73 Å². The molecule has 18 heavy (non-hydrogen) atoms. The van der Waals surface area contributed by atoms with Crippen molar-refractivity contribution in [1.29, 1.82) is 0 Å². The summed E-state index contributed by atoms with van der Waals surface area (Å²) in [5.74, 6) is 0.455. The first-order valence-electron chi connectivity index (χ1n) is 6.69. The molecule has 3 nitrogen and oxygen atoms in total. The van der Waals surface area contributed by atoms with Gasteiger partial charge in [-0.2, -0.15) is 0 Å². The van der Waals surface area contributed by atoms with Gasteiger partial charge in [-0.15, -0.1) is 0 Å². The van der Waals surface area contributed by atoms with E-state index in [1.165, 1.54) is 18.7 Å². The molecule has 1 fully saturated rings. The Balaban J connectivity index is 2.11. The minimum atomic E-state index is -0.284. The topological polar surface area (TPSA) is 42.2 Å². The molecule has 0 amide bonds. The van der Waals surface area contributed by atoms with E-state index in [1.54, 1.807) is 6.07 Å². The predicted octanol–water partition coefficient (Wildman–Crippen LogP) is 2.34. The SMILES string of the molecule is CC1CCN(C(C)c2ccc(F)cn2)C(CN)C1. The van der Waals surface area contributed by atoms with Gasteiger partial charge in [0.1, 0.15) is 5.82 Å². The molecule has 100 valence electrons. The van der Waals surface area contributed by atoms with Crippen molar-refractivity contribution in [3.63, 3.8) is 0 Å². The van der Waals surface area contributed by atoms with E-state index in [-0.39, 0.29) is 11.9 Å². The van der Waals surface area contributed by atoms with Crippen LogP contribution in [0, 0.1) is 11.7 Å². The standard InChI is InChI=1S/C14H22FN3/c1-10-5-6-18(13(7-10)8-16)11(2)14-4-3-12(15)9-17-14/h3-4,9-11,13H,5-8,16H2,1-2H3. The van der Waals surface area contributed by atoms with E-state index >= 15 is 0 Å². The molecule has 1 aliphatic rings. The molecule has 0 radical (unpaired) electrons. The highest BCUT2D eigenvalue weighted by molar-refractivity contribution is 5.10. The molecule has 0 aliphatic carbocycles. The molecule has 1 saturated heterocycles. The van der Waals surface area contributed by atoms with Gasteiger partial charge in [-0.25, -0.2) is 4.39 Å². The van der Waals surface area contributed by atoms with Crippen molar-refractivity contribution in [2.24, 2.45) is 11.7 Å². The number of hydrogen-bond donors (Lipinski definition) is 1. The van der Waals surface area contributed by atoms with E-state index < -0.39 is 0 Å². The molecular formula is C14H22FN3. The number of likely N-dealkylation sites (tertiary alicyclic amines) is 1. The van der Waals surface area contributed by atoms with Crippen molar-refractivity contribution in [2.45, 2.75) is 38.8 Å². The average Bonchev–Trinajstić information content (AvgIpc) is 2.38. The van der Waals surface area contributed by atoms with Gasteiger partial charge in [0.25, 0.3) is 0 Å². The Kier molecular flexibility index (Phi) is 4.30. The first-order valence-corrected chi connectivity index (χ1v) is 6.69. The Morgan fingerprint density at radius 3 is 2.94 bits per heavy atom. The van der Waals surface area contributed by atoms with Crippen LogP contribution in [0.3, 0.4) is 0 Å². The highest BCUT2D eigenvalue weighted by atomic mass is 19.1. The number of nitrogens with two attached hydrogens (primary N) is 1. The molecule has 2 rings (SSSR count). The van der Waals surface area contributed by atoms with E-state index in [9.17, 15) is 4.39 Å². The van der Waals surface area contributed by atoms with E-state index in [1.807, 2.05) is 0 Å². The summed E-state index contributed by atoms with van der Waals surface area (Å²) in [5, 5.41) is 0. The number of pyridine rings is 1. The zero-order valence-electron chi connectivity index (χ0n) is 11.1. The highest BCUT2D eigenvalue weighted by Crippen LogP contribution is 2.29. The first-order chi connectivity index (χ1) is 8.61. The summed E-state index contributed by atoms with van der Waals surface area (Å²) < 4.78 is 12.9. The zero-order chi connectivity index (χ0) is 13.1. The van der Waals surface area contributed by atoms with Gasteiger partial charge >= 0.3 is 0 Å². The van der Waals surface area contributed by atoms with Gasteiger partial charge in [0.05, 0.1) is 11.9 Å². The number of piperidine rings is 1. The van der Waals surface area contributed by atoms with E-state index in [2.05, 4.69) is 23.7 Å². The van der Waals surface area contributed by atoms with Crippen LogP contribution in [0.25, 0.3) is 0 Å². The number of aromatic nitrogens is 1. The van der Waals surface area contributed by atoms with Crippen LogP contribution in [0.1, 0.15) is 38.4 Å². The Morgan fingerprint density at radius 2 is 2.33 bits per heavy atom. The van der Waals surface area contributed by atoms with Crippen LogP contribution < -0.4 is 5.73 Å². The first kappa shape index (κ1) is 13.4. The number of rotatable bonds is 3. The van der Waals surface area contributed by atoms with Crippen molar-refractivity contribution in [3.05, 3.63) is 29.8 Å². The number of halogens is 1. The predicted molar refractivity (Wildman–Crippen MR) is 70.6 cm³/mol. The van der Waals surface area contributed by atoms with Crippen LogP contribution in [0.5, 0.6) is 0 Å². The number of nitrogens with zero attached hydrogens (tertiary/aromatic N) is 2. The van der Waals surface area contributed by atoms with Gasteiger partial charge in [0, 0.05) is 18.6 Å². The third-order valence-electron chi connectivity index (χ3n) is 3.97. The molecule has 0 bridgehead atoms. The second kappa shape index (κ2) is 5.76. The molecule has 3 unspecified atom stereocenters. The fourth-order valence-electron chi connectivity index (χ4n) is 2.82. The molecule has 0 aromatic carbocycles. The summed E-state index contributed by atoms with van der Waals surface area (Å²) >= 11 is 0. The van der Waals surface area contributed by atoms with Gasteiger partial charge in [-0.1, -0.05) is 6.92 Å². The van der Waals surface area contributed by atoms with Crippen LogP contribution in [0.2, 0.25) is 0 Å². The summed E-state index contributed by atoms with van der Waals surface area (Å²) in [6, 6.07) is 3.86. The van der Waals surface area contributed by atoms with Gasteiger partial charge < -0.3 is 5.73 Å². The monoisotopic (exact) mass is 251 g/mol. The van der Waals surface area contributed by atoms with Crippen molar-refractivity contribution >= 4 is 0 Å². The molecule has 1 aliphatic heterocycles. The normalized spacial score (nSPS) is 27.1. The summed E-state index contributed by atoms with van der Waals surface area (Å²) in [6.45, 7) is 6.12. The van der Waals surface area contributed by atoms with Crippen LogP contribution in [-0.2, 0) is 0 Å². The van der Waals surface area contributed by atoms with E-state index in [0.29, 0.717) is 12.6 Å². The molecule has 2 heterocycles. The van der Waals surface area contributed by atoms with Crippen molar-refractivity contribution < 1.29 is 4.39 Å². The van der Waals surface area contributed by atoms with Crippen LogP contribution in [0.15, 0.2) is 18.3 Å². The summed E-state index contributed by atoms with van der Waals surface area (Å²) in [7, 11) is 0. The third-order valence-corrected chi connectivity index (χ3v) is 3.97. The third kappa shape index (κ3) is 2.87. The lowest BCUT2D eigenvalue weighted by Crippen LogP contribution is -2.47. The molecule has 2 N–H and O–H groups in total. The smallest absolute Gasteiger partial charge is 0.141 e. The van der Waals surface area contributed by atoms with Crippen LogP contribution in [-0.4, -0.2) is 29.0 Å². The molecule has 1 aromatic rings. The van der Waals surface area contributed by atoms with E-state index in [0.717, 1.165) is 24.6 Å². The molecule has 0 saturated carbocycles. The molecule has 4 heteroatoms. The van der Waals surface area contributed by atoms with Gasteiger partial charge in [0.15, 0.2) is 0 Å². The largest absolute Gasteiger partial charge is 0.329 e. The average molecular weight is 251 g/mol. The summed E-state index contributed by atoms with van der Waals surface area (Å²) in [5.41, 5.74) is 6.79. The molecule has 1 aromatic heterocycles. The fourth-order valence-corrected chi connectivity index (χ4v) is 2.82. The van der Waals surface area contributed by atoms with Gasteiger partial charge in [-0.3, -0.25) is 9.88 Å². The fraction of sp³-hybridized carbons (Fsp3) is 0.643. The van der Waals surface area contributed by atoms with Gasteiger partial charge in [-0.05, 0) is 44.4 Å². The quantitative estimate of drug-likeness (QED) is 0.896. The minimum absolute atomic E-state index is 0.201. The van der Waals surface area contributed by atoms with Crippen molar-refractivity contribution in [2.75, 3.05) is 13.1 Å². The molecule has 0 spiro atoms. The summed E-state index contributed by atoms with van der Waals surface area (Å²) in [6.07, 6.45) is 3.62. The molecule has 3 atom stereocenters. The highest BCUT2D eigenvalue weighted by Gasteiger charge is 2.29. The zero-order valence-corrected chi connectivity index (χ0v) is 11.1. The summed E-state index contributed by atoms with van der Waals surface area (Å²) in [4.78, 5) is 6.59. The van der Waals surface area contributed by atoms with Crippen LogP contribution in [0.4, 0.5) is 4.39 Å². The van der Waals surface area contributed by atoms with Gasteiger partial charge in [0.2, 0.25) is 0 Å². The lowest BCUT2D eigenvalue weighted by molar-refractivity contribution is 0.0815. The Bertz CT molecular complexity index is 379. The second-order valence-corrected chi connectivity index (χ2v) is 5.33. The Morgan fingerprint density at radius 1 is 1.56 bits per heavy atom. The van der Waals surface area contributed by atoms with Crippen molar-refractivity contribution in [3.8, 4) is 0 Å². The Labute approximate surface area is 108 Å². The van der Waals surface area contributed by atoms with Crippen LogP contribution >= 0.6 is 0 Å². The van der Waals surface area contributed by atoms with Crippen molar-refractivity contribution in [1.82, 2.24) is 9.88 Å². The number of hydrogen-bond acceptors (Lipinski definition) is 3. The maximum absolute atomic E-state index is 12.9. The maximum atomic E-state index is 12.9. The Hall–Kier alpha value is -1.00. The maximum Gasteiger partial charge on any atom is 0.141 e. The second-order valence-electron chi connectivity index (χ2n) is 5.33.